The van der Waals surface area contributed by atoms with Crippen molar-refractivity contribution >= 4 is 5.82 Å². The number of nitriles is 1. The van der Waals surface area contributed by atoms with Crippen LogP contribution in [-0.2, 0) is 11.2 Å². The van der Waals surface area contributed by atoms with Crippen molar-refractivity contribution in [2.75, 3.05) is 37.7 Å². The lowest BCUT2D eigenvalue weighted by atomic mass is 9.78. The van der Waals surface area contributed by atoms with E-state index < -0.39 is 0 Å². The number of anilines is 1. The fraction of sp³-hybridized carbons (Fsp3) is 0.421. The first-order valence-electron chi connectivity index (χ1n) is 8.80. The van der Waals surface area contributed by atoms with Crippen LogP contribution in [0.5, 0.6) is 0 Å². The molecule has 0 radical (unpaired) electrons. The van der Waals surface area contributed by atoms with Crippen molar-refractivity contribution in [3.05, 3.63) is 52.1 Å². The van der Waals surface area contributed by atoms with Gasteiger partial charge in [0.2, 0.25) is 0 Å². The monoisotopic (exact) mass is 351 g/mol. The summed E-state index contributed by atoms with van der Waals surface area (Å²) in [4.78, 5) is 19.7. The van der Waals surface area contributed by atoms with Crippen LogP contribution in [0.2, 0.25) is 0 Å². The predicted molar refractivity (Wildman–Crippen MR) is 97.4 cm³/mol. The minimum atomic E-state index is -0.138. The lowest BCUT2D eigenvalue weighted by Gasteiger charge is -2.55. The number of nitrogens with two attached hydrogens (primary N) is 1. The van der Waals surface area contributed by atoms with E-state index in [1.54, 1.807) is 35.0 Å². The van der Waals surface area contributed by atoms with Gasteiger partial charge in [-0.2, -0.15) is 5.26 Å². The molecule has 2 aliphatic rings. The van der Waals surface area contributed by atoms with Crippen molar-refractivity contribution in [1.82, 2.24) is 9.55 Å². The molecule has 2 aliphatic heterocycles. The second-order valence-corrected chi connectivity index (χ2v) is 7.13. The molecule has 2 fully saturated rings. The zero-order valence-electron chi connectivity index (χ0n) is 14.5. The molecular formula is C19H21N5O2. The molecule has 0 aliphatic carbocycles. The minimum absolute atomic E-state index is 0.138. The molecule has 3 heterocycles. The highest BCUT2D eigenvalue weighted by atomic mass is 16.5. The molecule has 4 rings (SSSR count). The van der Waals surface area contributed by atoms with Gasteiger partial charge in [0.1, 0.15) is 0 Å². The van der Waals surface area contributed by atoms with Crippen LogP contribution in [0.25, 0.3) is 5.69 Å². The SMILES string of the molecule is N#Cc1ccc(-n2cc(CCCN)nc(N3CC4(COC4)C3)c2=O)cc1. The van der Waals surface area contributed by atoms with Gasteiger partial charge in [-0.25, -0.2) is 4.98 Å². The number of ether oxygens (including phenoxy) is 1. The van der Waals surface area contributed by atoms with Gasteiger partial charge in [-0.15, -0.1) is 0 Å². The number of benzene rings is 1. The molecule has 1 spiro atoms. The van der Waals surface area contributed by atoms with Crippen LogP contribution < -0.4 is 16.2 Å². The number of aromatic nitrogens is 2. The maximum absolute atomic E-state index is 13.0. The summed E-state index contributed by atoms with van der Waals surface area (Å²) >= 11 is 0. The Balaban J connectivity index is 1.71. The average molecular weight is 351 g/mol. The van der Waals surface area contributed by atoms with Crippen LogP contribution in [0.3, 0.4) is 0 Å². The van der Waals surface area contributed by atoms with Crippen molar-refractivity contribution < 1.29 is 4.74 Å². The van der Waals surface area contributed by atoms with Crippen molar-refractivity contribution in [2.45, 2.75) is 12.8 Å². The van der Waals surface area contributed by atoms with Gasteiger partial charge in [-0.3, -0.25) is 9.36 Å². The highest BCUT2D eigenvalue weighted by Gasteiger charge is 2.50. The molecule has 7 nitrogen and oxygen atoms in total. The summed E-state index contributed by atoms with van der Waals surface area (Å²) in [5.74, 6) is 0.487. The van der Waals surface area contributed by atoms with Crippen molar-refractivity contribution in [1.29, 1.82) is 5.26 Å². The Morgan fingerprint density at radius 2 is 2.00 bits per heavy atom. The first kappa shape index (κ1) is 16.8. The molecular weight excluding hydrogens is 330 g/mol. The first-order chi connectivity index (χ1) is 12.6. The number of hydrogen-bond acceptors (Lipinski definition) is 6. The normalized spacial score (nSPS) is 17.5. The first-order valence-corrected chi connectivity index (χ1v) is 8.80. The molecule has 0 unspecified atom stereocenters. The molecule has 1 aromatic heterocycles. The summed E-state index contributed by atoms with van der Waals surface area (Å²) < 4.78 is 6.94. The van der Waals surface area contributed by atoms with Crippen LogP contribution in [0, 0.1) is 16.7 Å². The molecule has 134 valence electrons. The topological polar surface area (TPSA) is 97.2 Å². The second kappa shape index (κ2) is 6.56. The Labute approximate surface area is 151 Å². The van der Waals surface area contributed by atoms with Crippen molar-refractivity contribution in [2.24, 2.45) is 11.1 Å². The largest absolute Gasteiger partial charge is 0.380 e. The van der Waals surface area contributed by atoms with E-state index in [0.29, 0.717) is 17.9 Å². The van der Waals surface area contributed by atoms with Crippen molar-refractivity contribution in [3.63, 3.8) is 0 Å². The number of aryl methyl sites for hydroxylation is 1. The van der Waals surface area contributed by atoms with E-state index in [1.165, 1.54) is 0 Å². The van der Waals surface area contributed by atoms with E-state index in [2.05, 4.69) is 11.1 Å². The minimum Gasteiger partial charge on any atom is -0.380 e. The highest BCUT2D eigenvalue weighted by molar-refractivity contribution is 5.47. The third kappa shape index (κ3) is 2.87. The second-order valence-electron chi connectivity index (χ2n) is 7.13. The van der Waals surface area contributed by atoms with E-state index in [9.17, 15) is 4.79 Å². The van der Waals surface area contributed by atoms with Crippen LogP contribution in [-0.4, -0.2) is 42.4 Å². The van der Waals surface area contributed by atoms with Gasteiger partial charge in [-0.05, 0) is 43.7 Å². The molecule has 7 heteroatoms. The maximum Gasteiger partial charge on any atom is 0.298 e. The van der Waals surface area contributed by atoms with Gasteiger partial charge in [0.15, 0.2) is 5.82 Å². The summed E-state index contributed by atoms with van der Waals surface area (Å²) in [5.41, 5.74) is 7.85. The lowest BCUT2D eigenvalue weighted by Crippen LogP contribution is -2.67. The lowest BCUT2D eigenvalue weighted by molar-refractivity contribution is -0.127. The fourth-order valence-electron chi connectivity index (χ4n) is 3.51. The van der Waals surface area contributed by atoms with Gasteiger partial charge in [0.25, 0.3) is 5.56 Å². The summed E-state index contributed by atoms with van der Waals surface area (Å²) in [5, 5.41) is 8.97. The van der Waals surface area contributed by atoms with Crippen LogP contribution in [0.1, 0.15) is 17.7 Å². The Bertz CT molecular complexity index is 901. The molecule has 0 bridgehead atoms. The summed E-state index contributed by atoms with van der Waals surface area (Å²) in [6.45, 7) is 3.73. The number of rotatable bonds is 5. The molecule has 0 amide bonds. The zero-order valence-corrected chi connectivity index (χ0v) is 14.5. The van der Waals surface area contributed by atoms with Crippen molar-refractivity contribution in [3.8, 4) is 11.8 Å². The van der Waals surface area contributed by atoms with Gasteiger partial charge in [-0.1, -0.05) is 0 Å². The molecule has 0 saturated carbocycles. The van der Waals surface area contributed by atoms with E-state index in [0.717, 1.165) is 50.5 Å². The Morgan fingerprint density at radius 3 is 2.58 bits per heavy atom. The third-order valence-electron chi connectivity index (χ3n) is 5.02. The van der Waals surface area contributed by atoms with E-state index >= 15 is 0 Å². The average Bonchev–Trinajstić information content (AvgIpc) is 2.59. The summed E-state index contributed by atoms with van der Waals surface area (Å²) in [6.07, 6.45) is 3.32. The molecule has 0 atom stereocenters. The van der Waals surface area contributed by atoms with Crippen LogP contribution >= 0.6 is 0 Å². The molecule has 26 heavy (non-hydrogen) atoms. The highest BCUT2D eigenvalue weighted by Crippen LogP contribution is 2.38. The quantitative estimate of drug-likeness (QED) is 0.857. The zero-order chi connectivity index (χ0) is 18.1. The van der Waals surface area contributed by atoms with Crippen LogP contribution in [0.15, 0.2) is 35.3 Å². The van der Waals surface area contributed by atoms with Gasteiger partial charge < -0.3 is 15.4 Å². The smallest absolute Gasteiger partial charge is 0.298 e. The number of nitrogens with zero attached hydrogens (tertiary/aromatic N) is 4. The predicted octanol–water partition coefficient (Wildman–Crippen LogP) is 0.832. The van der Waals surface area contributed by atoms with E-state index in [-0.39, 0.29) is 11.0 Å². The molecule has 2 saturated heterocycles. The van der Waals surface area contributed by atoms with Gasteiger partial charge >= 0.3 is 0 Å². The third-order valence-corrected chi connectivity index (χ3v) is 5.02. The summed E-state index contributed by atoms with van der Waals surface area (Å²) in [7, 11) is 0. The Morgan fingerprint density at radius 1 is 1.27 bits per heavy atom. The Kier molecular flexibility index (Phi) is 4.23. The fourth-order valence-corrected chi connectivity index (χ4v) is 3.51. The molecule has 2 N–H and O–H groups in total. The molecule has 1 aromatic carbocycles. The Hall–Kier alpha value is -2.69. The standard InChI is InChI=1S/C19H21N5O2/c20-7-1-2-15-9-24(16-5-3-14(8-21)4-6-16)18(25)17(22-15)23-10-19(11-23)12-26-13-19/h3-6,9H,1-2,7,10-13,20H2. The van der Waals surface area contributed by atoms with E-state index in [4.69, 9.17) is 15.7 Å². The number of hydrogen-bond donors (Lipinski definition) is 1. The summed E-state index contributed by atoms with van der Waals surface area (Å²) in [6, 6.07) is 9.09. The maximum atomic E-state index is 13.0. The van der Waals surface area contributed by atoms with Gasteiger partial charge in [0, 0.05) is 25.0 Å². The molecule has 2 aromatic rings. The van der Waals surface area contributed by atoms with E-state index in [1.807, 2.05) is 4.90 Å². The van der Waals surface area contributed by atoms with Crippen LogP contribution in [0.4, 0.5) is 5.82 Å². The van der Waals surface area contributed by atoms with Gasteiger partial charge in [0.05, 0.1) is 36.0 Å².